The third-order valence-electron chi connectivity index (χ3n) is 4.32. The molecule has 3 rings (SSSR count). The Hall–Kier alpha value is -2.45. The third kappa shape index (κ3) is 3.64. The lowest BCUT2D eigenvalue weighted by atomic mass is 10.2. The average Bonchev–Trinajstić information content (AvgIpc) is 2.66. The summed E-state index contributed by atoms with van der Waals surface area (Å²) in [7, 11) is 2.98. The van der Waals surface area contributed by atoms with Crippen LogP contribution in [0, 0.1) is 0 Å². The van der Waals surface area contributed by atoms with Crippen molar-refractivity contribution in [3.8, 4) is 0 Å². The van der Waals surface area contributed by atoms with Gasteiger partial charge in [0.1, 0.15) is 0 Å². The number of hydroxylamine groups is 2. The van der Waals surface area contributed by atoms with Gasteiger partial charge in [-0.3, -0.25) is 14.4 Å². The zero-order valence-corrected chi connectivity index (χ0v) is 14.5. The lowest BCUT2D eigenvalue weighted by molar-refractivity contribution is -0.168. The van der Waals surface area contributed by atoms with Crippen molar-refractivity contribution in [1.82, 2.24) is 14.6 Å². The molecular formula is C17H22N4O4. The molecule has 0 spiro atoms. The van der Waals surface area contributed by atoms with Gasteiger partial charge in [-0.05, 0) is 12.1 Å². The summed E-state index contributed by atoms with van der Waals surface area (Å²) in [5.74, 6) is 0.220. The van der Waals surface area contributed by atoms with Gasteiger partial charge in [0.2, 0.25) is 5.91 Å². The Balaban J connectivity index is 1.98. The minimum atomic E-state index is -0.191. The molecule has 134 valence electrons. The SMILES string of the molecule is CON(C)C(=O)CCn1c(=O)c(N2CCOCC2)nc2ccccc21. The Morgan fingerprint density at radius 1 is 1.32 bits per heavy atom. The molecule has 1 aromatic heterocycles. The summed E-state index contributed by atoms with van der Waals surface area (Å²) < 4.78 is 6.97. The van der Waals surface area contributed by atoms with E-state index >= 15 is 0 Å². The van der Waals surface area contributed by atoms with Crippen LogP contribution in [-0.4, -0.2) is 61.0 Å². The Labute approximate surface area is 145 Å². The largest absolute Gasteiger partial charge is 0.378 e. The number of amides is 1. The van der Waals surface area contributed by atoms with Crippen molar-refractivity contribution < 1.29 is 14.4 Å². The van der Waals surface area contributed by atoms with E-state index in [-0.39, 0.29) is 24.4 Å². The lowest BCUT2D eigenvalue weighted by Crippen LogP contribution is -2.41. The molecule has 0 radical (unpaired) electrons. The smallest absolute Gasteiger partial charge is 0.294 e. The predicted molar refractivity (Wildman–Crippen MR) is 93.4 cm³/mol. The molecule has 1 saturated heterocycles. The molecule has 0 bridgehead atoms. The number of rotatable bonds is 5. The highest BCUT2D eigenvalue weighted by Gasteiger charge is 2.20. The number of morpholine rings is 1. The standard InChI is InChI=1S/C17H22N4O4/c1-19(24-2)15(22)7-8-21-14-6-4-3-5-13(14)18-16(17(21)23)20-9-11-25-12-10-20/h3-6H,7-12H2,1-2H3. The van der Waals surface area contributed by atoms with Gasteiger partial charge in [-0.1, -0.05) is 12.1 Å². The number of hydrogen-bond acceptors (Lipinski definition) is 6. The van der Waals surface area contributed by atoms with Gasteiger partial charge < -0.3 is 14.2 Å². The highest BCUT2D eigenvalue weighted by Crippen LogP contribution is 2.16. The summed E-state index contributed by atoms with van der Waals surface area (Å²) in [6, 6.07) is 7.46. The number of anilines is 1. The molecule has 2 heterocycles. The van der Waals surface area contributed by atoms with Gasteiger partial charge in [0.25, 0.3) is 5.56 Å². The molecule has 1 fully saturated rings. The number of hydrogen-bond donors (Lipinski definition) is 0. The molecule has 25 heavy (non-hydrogen) atoms. The number of fused-ring (bicyclic) bond motifs is 1. The van der Waals surface area contributed by atoms with E-state index in [9.17, 15) is 9.59 Å². The van der Waals surface area contributed by atoms with Crippen LogP contribution in [-0.2, 0) is 20.9 Å². The molecule has 1 aromatic carbocycles. The second-order valence-corrected chi connectivity index (χ2v) is 5.80. The second-order valence-electron chi connectivity index (χ2n) is 5.80. The Bertz CT molecular complexity index is 814. The van der Waals surface area contributed by atoms with Crippen molar-refractivity contribution in [3.05, 3.63) is 34.6 Å². The van der Waals surface area contributed by atoms with E-state index in [0.29, 0.717) is 32.1 Å². The molecule has 0 saturated carbocycles. The zero-order chi connectivity index (χ0) is 17.8. The van der Waals surface area contributed by atoms with Crippen LogP contribution in [0.15, 0.2) is 29.1 Å². The molecule has 0 atom stereocenters. The highest BCUT2D eigenvalue weighted by atomic mass is 16.7. The summed E-state index contributed by atoms with van der Waals surface area (Å²) in [5, 5.41) is 1.16. The number of aromatic nitrogens is 2. The summed E-state index contributed by atoms with van der Waals surface area (Å²) in [6.07, 6.45) is 0.167. The number of ether oxygens (including phenoxy) is 1. The molecule has 1 aliphatic rings. The van der Waals surface area contributed by atoms with Gasteiger partial charge in [0, 0.05) is 33.1 Å². The number of nitrogens with zero attached hydrogens (tertiary/aromatic N) is 4. The Morgan fingerprint density at radius 3 is 2.76 bits per heavy atom. The Morgan fingerprint density at radius 2 is 2.04 bits per heavy atom. The van der Waals surface area contributed by atoms with Gasteiger partial charge in [-0.15, -0.1) is 0 Å². The maximum Gasteiger partial charge on any atom is 0.294 e. The normalized spacial score (nSPS) is 14.7. The molecule has 0 aliphatic carbocycles. The maximum absolute atomic E-state index is 13.0. The first-order valence-electron chi connectivity index (χ1n) is 8.24. The molecule has 8 heteroatoms. The summed E-state index contributed by atoms with van der Waals surface area (Å²) in [6.45, 7) is 2.68. The summed E-state index contributed by atoms with van der Waals surface area (Å²) in [4.78, 5) is 36.4. The minimum Gasteiger partial charge on any atom is -0.378 e. The van der Waals surface area contributed by atoms with Crippen molar-refractivity contribution in [2.75, 3.05) is 45.4 Å². The van der Waals surface area contributed by atoms with Crippen LogP contribution in [0.25, 0.3) is 11.0 Å². The summed E-state index contributed by atoms with van der Waals surface area (Å²) >= 11 is 0. The molecular weight excluding hydrogens is 324 g/mol. The predicted octanol–water partition coefficient (Wildman–Crippen LogP) is 0.643. The second kappa shape index (κ2) is 7.62. The number of benzene rings is 1. The first kappa shape index (κ1) is 17.4. The third-order valence-corrected chi connectivity index (χ3v) is 4.32. The van der Waals surface area contributed by atoms with Crippen molar-refractivity contribution in [3.63, 3.8) is 0 Å². The summed E-state index contributed by atoms with van der Waals surface area (Å²) in [5.41, 5.74) is 1.27. The van der Waals surface area contributed by atoms with Gasteiger partial charge in [-0.2, -0.15) is 0 Å². The number of aryl methyl sites for hydroxylation is 1. The Kier molecular flexibility index (Phi) is 5.30. The van der Waals surface area contributed by atoms with Crippen LogP contribution in [0.1, 0.15) is 6.42 Å². The van der Waals surface area contributed by atoms with E-state index in [1.165, 1.54) is 7.11 Å². The first-order chi connectivity index (χ1) is 12.1. The quantitative estimate of drug-likeness (QED) is 0.740. The van der Waals surface area contributed by atoms with Crippen LogP contribution in [0.2, 0.25) is 0 Å². The highest BCUT2D eigenvalue weighted by molar-refractivity contribution is 5.77. The number of para-hydroxylation sites is 2. The van der Waals surface area contributed by atoms with Gasteiger partial charge in [-0.25, -0.2) is 10.0 Å². The zero-order valence-electron chi connectivity index (χ0n) is 14.5. The molecule has 1 aliphatic heterocycles. The van der Waals surface area contributed by atoms with E-state index < -0.39 is 0 Å². The van der Waals surface area contributed by atoms with Crippen LogP contribution in [0.5, 0.6) is 0 Å². The average molecular weight is 346 g/mol. The maximum atomic E-state index is 13.0. The van der Waals surface area contributed by atoms with Crippen molar-refractivity contribution >= 4 is 22.8 Å². The van der Waals surface area contributed by atoms with Crippen LogP contribution >= 0.6 is 0 Å². The monoisotopic (exact) mass is 346 g/mol. The van der Waals surface area contributed by atoms with Gasteiger partial charge in [0.05, 0.1) is 31.4 Å². The minimum absolute atomic E-state index is 0.167. The fourth-order valence-corrected chi connectivity index (χ4v) is 2.85. The van der Waals surface area contributed by atoms with E-state index in [4.69, 9.17) is 9.57 Å². The van der Waals surface area contributed by atoms with Crippen LogP contribution < -0.4 is 10.5 Å². The van der Waals surface area contributed by atoms with E-state index in [2.05, 4.69) is 4.98 Å². The molecule has 1 amide bonds. The lowest BCUT2D eigenvalue weighted by Gasteiger charge is -2.28. The van der Waals surface area contributed by atoms with E-state index in [1.807, 2.05) is 29.2 Å². The van der Waals surface area contributed by atoms with E-state index in [0.717, 1.165) is 16.1 Å². The van der Waals surface area contributed by atoms with Gasteiger partial charge >= 0.3 is 0 Å². The topological polar surface area (TPSA) is 76.9 Å². The van der Waals surface area contributed by atoms with Crippen molar-refractivity contribution in [1.29, 1.82) is 0 Å². The van der Waals surface area contributed by atoms with Crippen molar-refractivity contribution in [2.45, 2.75) is 13.0 Å². The van der Waals surface area contributed by atoms with Crippen LogP contribution in [0.4, 0.5) is 5.82 Å². The fraction of sp³-hybridized carbons (Fsp3) is 0.471. The van der Waals surface area contributed by atoms with E-state index in [1.54, 1.807) is 11.6 Å². The molecule has 0 N–H and O–H groups in total. The number of carbonyl (C=O) groups is 1. The van der Waals surface area contributed by atoms with Crippen molar-refractivity contribution in [2.24, 2.45) is 0 Å². The fourth-order valence-electron chi connectivity index (χ4n) is 2.85. The van der Waals surface area contributed by atoms with Crippen LogP contribution in [0.3, 0.4) is 0 Å². The molecule has 8 nitrogen and oxygen atoms in total. The van der Waals surface area contributed by atoms with Gasteiger partial charge in [0.15, 0.2) is 5.82 Å². The number of carbonyl (C=O) groups excluding carboxylic acids is 1. The molecule has 0 unspecified atom stereocenters. The molecule has 2 aromatic rings. The first-order valence-corrected chi connectivity index (χ1v) is 8.24.